The average Bonchev–Trinajstić information content (AvgIpc) is 2.57. The zero-order chi connectivity index (χ0) is 10.8. The van der Waals surface area contributed by atoms with Gasteiger partial charge in [0.15, 0.2) is 0 Å². The molecule has 0 aromatic heterocycles. The van der Waals surface area contributed by atoms with Crippen LogP contribution in [0.25, 0.3) is 0 Å². The molecule has 1 unspecified atom stereocenters. The van der Waals surface area contributed by atoms with Crippen LogP contribution < -0.4 is 4.74 Å². The number of carbonyl (C=O) groups is 1. The first-order valence-electron chi connectivity index (χ1n) is 5.17. The minimum atomic E-state index is -0.264. The molecule has 0 saturated carbocycles. The predicted octanol–water partition coefficient (Wildman–Crippen LogP) is 2.19. The van der Waals surface area contributed by atoms with Crippen LogP contribution in [0.2, 0.25) is 0 Å². The Morgan fingerprint density at radius 3 is 3.13 bits per heavy atom. The summed E-state index contributed by atoms with van der Waals surface area (Å²) in [4.78, 5) is 11.5. The third-order valence-corrected chi connectivity index (χ3v) is 2.41. The lowest BCUT2D eigenvalue weighted by Crippen LogP contribution is -2.05. The molecule has 0 bridgehead atoms. The lowest BCUT2D eigenvalue weighted by atomic mass is 10.1. The molecule has 1 heterocycles. The summed E-state index contributed by atoms with van der Waals surface area (Å²) in [5, 5.41) is 0. The molecule has 1 aliphatic heterocycles. The van der Waals surface area contributed by atoms with Gasteiger partial charge in [-0.15, -0.1) is 0 Å². The standard InChI is InChI=1S/C12H14O3/c1-3-14-12(13)9-4-5-11-10(7-9)6-8(2)15-11/h4-5,7-8H,3,6H2,1-2H3. The van der Waals surface area contributed by atoms with Crippen LogP contribution in [0.1, 0.15) is 29.8 Å². The summed E-state index contributed by atoms with van der Waals surface area (Å²) < 4.78 is 10.5. The minimum absolute atomic E-state index is 0.206. The highest BCUT2D eigenvalue weighted by atomic mass is 16.5. The highest BCUT2D eigenvalue weighted by Gasteiger charge is 2.20. The molecule has 0 spiro atoms. The number of rotatable bonds is 2. The van der Waals surface area contributed by atoms with Crippen LogP contribution in [0.15, 0.2) is 18.2 Å². The average molecular weight is 206 g/mol. The molecule has 15 heavy (non-hydrogen) atoms. The van der Waals surface area contributed by atoms with Crippen molar-refractivity contribution < 1.29 is 14.3 Å². The topological polar surface area (TPSA) is 35.5 Å². The second-order valence-electron chi connectivity index (χ2n) is 3.68. The van der Waals surface area contributed by atoms with Crippen LogP contribution in [0, 0.1) is 0 Å². The number of hydrogen-bond donors (Lipinski definition) is 0. The molecule has 80 valence electrons. The van der Waals surface area contributed by atoms with Crippen LogP contribution >= 0.6 is 0 Å². The van der Waals surface area contributed by atoms with Gasteiger partial charge in [-0.2, -0.15) is 0 Å². The van der Waals surface area contributed by atoms with E-state index in [0.29, 0.717) is 12.2 Å². The Bertz CT molecular complexity index is 384. The van der Waals surface area contributed by atoms with Crippen molar-refractivity contribution in [3.05, 3.63) is 29.3 Å². The van der Waals surface area contributed by atoms with E-state index in [1.54, 1.807) is 13.0 Å². The largest absolute Gasteiger partial charge is 0.490 e. The van der Waals surface area contributed by atoms with Gasteiger partial charge >= 0.3 is 5.97 Å². The number of carbonyl (C=O) groups excluding carboxylic acids is 1. The molecule has 0 radical (unpaired) electrons. The number of ether oxygens (including phenoxy) is 2. The summed E-state index contributed by atoms with van der Waals surface area (Å²) in [7, 11) is 0. The van der Waals surface area contributed by atoms with Crippen LogP contribution in [0.5, 0.6) is 5.75 Å². The van der Waals surface area contributed by atoms with E-state index in [0.717, 1.165) is 17.7 Å². The quantitative estimate of drug-likeness (QED) is 0.696. The summed E-state index contributed by atoms with van der Waals surface area (Å²) >= 11 is 0. The van der Waals surface area contributed by atoms with Crippen LogP contribution in [-0.4, -0.2) is 18.7 Å². The molecule has 1 aromatic rings. The van der Waals surface area contributed by atoms with Gasteiger partial charge in [0.25, 0.3) is 0 Å². The maximum atomic E-state index is 11.5. The molecule has 0 fully saturated rings. The predicted molar refractivity (Wildman–Crippen MR) is 56.2 cm³/mol. The van der Waals surface area contributed by atoms with E-state index in [1.807, 2.05) is 19.1 Å². The molecule has 0 aliphatic carbocycles. The molecule has 3 heteroatoms. The Kier molecular flexibility index (Phi) is 2.62. The smallest absolute Gasteiger partial charge is 0.338 e. The number of esters is 1. The Balaban J connectivity index is 2.23. The molecule has 3 nitrogen and oxygen atoms in total. The molecule has 0 N–H and O–H groups in total. The van der Waals surface area contributed by atoms with E-state index in [2.05, 4.69) is 0 Å². The number of fused-ring (bicyclic) bond motifs is 1. The van der Waals surface area contributed by atoms with Gasteiger partial charge in [0.2, 0.25) is 0 Å². The molecule has 2 rings (SSSR count). The van der Waals surface area contributed by atoms with Crippen molar-refractivity contribution >= 4 is 5.97 Å². The minimum Gasteiger partial charge on any atom is -0.490 e. The molecule has 0 saturated heterocycles. The number of benzene rings is 1. The Hall–Kier alpha value is -1.51. The Morgan fingerprint density at radius 2 is 2.40 bits per heavy atom. The van der Waals surface area contributed by atoms with E-state index in [1.165, 1.54) is 0 Å². The second kappa shape index (κ2) is 3.93. The van der Waals surface area contributed by atoms with Crippen molar-refractivity contribution in [2.45, 2.75) is 26.4 Å². The van der Waals surface area contributed by atoms with Crippen molar-refractivity contribution in [3.63, 3.8) is 0 Å². The van der Waals surface area contributed by atoms with Gasteiger partial charge < -0.3 is 9.47 Å². The van der Waals surface area contributed by atoms with Crippen molar-refractivity contribution in [1.82, 2.24) is 0 Å². The molecule has 1 atom stereocenters. The van der Waals surface area contributed by atoms with Gasteiger partial charge in [0, 0.05) is 6.42 Å². The lowest BCUT2D eigenvalue weighted by Gasteiger charge is -2.04. The molecule has 0 amide bonds. The highest BCUT2D eigenvalue weighted by molar-refractivity contribution is 5.89. The number of hydrogen-bond acceptors (Lipinski definition) is 3. The van der Waals surface area contributed by atoms with Gasteiger partial charge in [-0.1, -0.05) is 0 Å². The van der Waals surface area contributed by atoms with Gasteiger partial charge in [-0.05, 0) is 37.6 Å². The third-order valence-electron chi connectivity index (χ3n) is 2.41. The van der Waals surface area contributed by atoms with Crippen molar-refractivity contribution in [2.24, 2.45) is 0 Å². The SMILES string of the molecule is CCOC(=O)c1ccc2c(c1)CC(C)O2. The highest BCUT2D eigenvalue weighted by Crippen LogP contribution is 2.29. The maximum absolute atomic E-state index is 11.5. The zero-order valence-corrected chi connectivity index (χ0v) is 8.95. The first-order valence-corrected chi connectivity index (χ1v) is 5.17. The normalized spacial score (nSPS) is 18.1. The fraction of sp³-hybridized carbons (Fsp3) is 0.417. The summed E-state index contributed by atoms with van der Waals surface area (Å²) in [5.74, 6) is 0.621. The lowest BCUT2D eigenvalue weighted by molar-refractivity contribution is 0.0526. The Labute approximate surface area is 89.0 Å². The maximum Gasteiger partial charge on any atom is 0.338 e. The Morgan fingerprint density at radius 1 is 1.60 bits per heavy atom. The van der Waals surface area contributed by atoms with Gasteiger partial charge in [0.1, 0.15) is 11.9 Å². The van der Waals surface area contributed by atoms with Crippen LogP contribution in [0.3, 0.4) is 0 Å². The third kappa shape index (κ3) is 1.96. The summed E-state index contributed by atoms with van der Waals surface area (Å²) in [6.07, 6.45) is 1.07. The molecule has 1 aliphatic rings. The van der Waals surface area contributed by atoms with E-state index < -0.39 is 0 Å². The summed E-state index contributed by atoms with van der Waals surface area (Å²) in [6.45, 7) is 4.23. The first-order chi connectivity index (χ1) is 7.20. The van der Waals surface area contributed by atoms with Crippen molar-refractivity contribution in [3.8, 4) is 5.75 Å². The first kappa shape index (κ1) is 10.0. The fourth-order valence-corrected chi connectivity index (χ4v) is 1.76. The van der Waals surface area contributed by atoms with Crippen LogP contribution in [-0.2, 0) is 11.2 Å². The molecular formula is C12H14O3. The fourth-order valence-electron chi connectivity index (χ4n) is 1.76. The van der Waals surface area contributed by atoms with Crippen molar-refractivity contribution in [2.75, 3.05) is 6.61 Å². The van der Waals surface area contributed by atoms with Crippen molar-refractivity contribution in [1.29, 1.82) is 0 Å². The summed E-state index contributed by atoms with van der Waals surface area (Å²) in [5.41, 5.74) is 1.70. The van der Waals surface area contributed by atoms with Gasteiger partial charge in [-0.3, -0.25) is 0 Å². The summed E-state index contributed by atoms with van der Waals surface area (Å²) in [6, 6.07) is 5.44. The van der Waals surface area contributed by atoms with E-state index in [9.17, 15) is 4.79 Å². The van der Waals surface area contributed by atoms with E-state index >= 15 is 0 Å². The monoisotopic (exact) mass is 206 g/mol. The molecule has 1 aromatic carbocycles. The van der Waals surface area contributed by atoms with E-state index in [-0.39, 0.29) is 12.1 Å². The van der Waals surface area contributed by atoms with E-state index in [4.69, 9.17) is 9.47 Å². The second-order valence-corrected chi connectivity index (χ2v) is 3.68. The van der Waals surface area contributed by atoms with Gasteiger partial charge in [0.05, 0.1) is 12.2 Å². The van der Waals surface area contributed by atoms with Gasteiger partial charge in [-0.25, -0.2) is 4.79 Å². The van der Waals surface area contributed by atoms with Crippen LogP contribution in [0.4, 0.5) is 0 Å². The zero-order valence-electron chi connectivity index (χ0n) is 8.95. The molecular weight excluding hydrogens is 192 g/mol.